The standard InChI is InChI=1S/C27H33N3O7/c1-34-17-27(33)30-10-3-4-11-37-24-13-18(5-8-23(24)35-2)21-15-25(31)29-22-14-19(6-7-20(21)22)36-12-9-28-26(32)16-30/h5-8,13-14,21H,3-4,9-12,15-17H2,1-2H3,(H,28,32)(H,29,31). The molecule has 0 fully saturated rings. The van der Waals surface area contributed by atoms with E-state index in [0.29, 0.717) is 55.4 Å². The van der Waals surface area contributed by atoms with Crippen LogP contribution in [-0.4, -0.2) is 76.3 Å². The quantitative estimate of drug-likeness (QED) is 0.608. The lowest BCUT2D eigenvalue weighted by Gasteiger charge is -2.27. The molecular weight excluding hydrogens is 478 g/mol. The number of carbonyl (C=O) groups is 3. The third kappa shape index (κ3) is 6.71. The highest BCUT2D eigenvalue weighted by molar-refractivity contribution is 5.95. The molecule has 3 amide bonds. The van der Waals surface area contributed by atoms with Crippen molar-refractivity contribution in [3.63, 3.8) is 0 Å². The SMILES string of the molecule is COCC(=O)N1CCCCOc2cc(ccc2OC)C2CC(=O)Nc3cc(ccc32)OCCNC(=O)C1. The normalized spacial score (nSPS) is 18.6. The van der Waals surface area contributed by atoms with E-state index in [2.05, 4.69) is 10.6 Å². The van der Waals surface area contributed by atoms with E-state index in [4.69, 9.17) is 18.9 Å². The highest BCUT2D eigenvalue weighted by Gasteiger charge is 2.28. The van der Waals surface area contributed by atoms with Crippen LogP contribution in [0.15, 0.2) is 36.4 Å². The van der Waals surface area contributed by atoms with Crippen LogP contribution in [0.2, 0.25) is 0 Å². The van der Waals surface area contributed by atoms with E-state index in [-0.39, 0.29) is 49.9 Å². The van der Waals surface area contributed by atoms with Crippen molar-refractivity contribution in [3.05, 3.63) is 47.5 Å². The lowest BCUT2D eigenvalue weighted by atomic mass is 9.84. The van der Waals surface area contributed by atoms with Crippen LogP contribution in [0.25, 0.3) is 0 Å². The van der Waals surface area contributed by atoms with Gasteiger partial charge in [0, 0.05) is 37.7 Å². The molecular formula is C27H33N3O7. The van der Waals surface area contributed by atoms with Gasteiger partial charge in [-0.3, -0.25) is 14.4 Å². The Balaban J connectivity index is 1.60. The topological polar surface area (TPSA) is 115 Å². The minimum Gasteiger partial charge on any atom is -0.493 e. The van der Waals surface area contributed by atoms with Crippen LogP contribution in [0.3, 0.4) is 0 Å². The Kier molecular flexibility index (Phi) is 8.84. The number of amides is 3. The Labute approximate surface area is 216 Å². The van der Waals surface area contributed by atoms with Gasteiger partial charge in [-0.15, -0.1) is 0 Å². The largest absolute Gasteiger partial charge is 0.493 e. The molecule has 3 aliphatic heterocycles. The van der Waals surface area contributed by atoms with Gasteiger partial charge in [0.05, 0.1) is 26.8 Å². The summed E-state index contributed by atoms with van der Waals surface area (Å²) in [7, 11) is 3.03. The highest BCUT2D eigenvalue weighted by atomic mass is 16.5. The molecule has 1 unspecified atom stereocenters. The third-order valence-corrected chi connectivity index (χ3v) is 6.38. The van der Waals surface area contributed by atoms with Gasteiger partial charge >= 0.3 is 0 Å². The van der Waals surface area contributed by atoms with Gasteiger partial charge in [-0.1, -0.05) is 12.1 Å². The average Bonchev–Trinajstić information content (AvgIpc) is 2.89. The molecule has 10 nitrogen and oxygen atoms in total. The van der Waals surface area contributed by atoms with Crippen LogP contribution in [0.5, 0.6) is 17.2 Å². The van der Waals surface area contributed by atoms with E-state index in [1.807, 2.05) is 30.3 Å². The maximum Gasteiger partial charge on any atom is 0.249 e. The van der Waals surface area contributed by atoms with Crippen LogP contribution in [0, 0.1) is 0 Å². The number of anilines is 1. The Morgan fingerprint density at radius 3 is 2.73 bits per heavy atom. The van der Waals surface area contributed by atoms with Crippen LogP contribution >= 0.6 is 0 Å². The van der Waals surface area contributed by atoms with Crippen LogP contribution in [0.4, 0.5) is 5.69 Å². The second kappa shape index (κ2) is 12.4. The molecule has 37 heavy (non-hydrogen) atoms. The van der Waals surface area contributed by atoms with Crippen molar-refractivity contribution in [1.29, 1.82) is 0 Å². The number of methoxy groups -OCH3 is 2. The Morgan fingerprint density at radius 1 is 1.05 bits per heavy atom. The lowest BCUT2D eigenvalue weighted by Crippen LogP contribution is -2.43. The maximum atomic E-state index is 12.5. The first-order valence-corrected chi connectivity index (χ1v) is 12.4. The number of carbonyl (C=O) groups excluding carboxylic acids is 3. The summed E-state index contributed by atoms with van der Waals surface area (Å²) in [5, 5.41) is 5.72. The first-order valence-electron chi connectivity index (χ1n) is 12.4. The summed E-state index contributed by atoms with van der Waals surface area (Å²) in [6.45, 7) is 1.17. The molecule has 10 heteroatoms. The maximum absolute atomic E-state index is 12.5. The fraction of sp³-hybridized carbons (Fsp3) is 0.444. The van der Waals surface area contributed by atoms with Crippen molar-refractivity contribution in [2.24, 2.45) is 0 Å². The van der Waals surface area contributed by atoms with Crippen molar-refractivity contribution < 1.29 is 33.3 Å². The van der Waals surface area contributed by atoms with Gasteiger partial charge < -0.3 is 34.5 Å². The van der Waals surface area contributed by atoms with Crippen molar-refractivity contribution in [2.45, 2.75) is 25.2 Å². The number of nitrogens with one attached hydrogen (secondary N) is 2. The second-order valence-electron chi connectivity index (χ2n) is 8.97. The summed E-state index contributed by atoms with van der Waals surface area (Å²) in [6, 6.07) is 11.3. The molecule has 1 atom stereocenters. The van der Waals surface area contributed by atoms with Gasteiger partial charge in [0.25, 0.3) is 0 Å². The van der Waals surface area contributed by atoms with Crippen molar-refractivity contribution >= 4 is 23.4 Å². The van der Waals surface area contributed by atoms with E-state index >= 15 is 0 Å². The molecule has 0 saturated heterocycles. The molecule has 0 aromatic heterocycles. The van der Waals surface area contributed by atoms with Gasteiger partial charge in [-0.2, -0.15) is 0 Å². The molecule has 2 N–H and O–H groups in total. The Hall–Kier alpha value is -3.79. The predicted octanol–water partition coefficient (Wildman–Crippen LogP) is 2.31. The number of fused-ring (bicyclic) bond motifs is 12. The smallest absolute Gasteiger partial charge is 0.249 e. The minimum atomic E-state index is -0.277. The summed E-state index contributed by atoms with van der Waals surface area (Å²) < 4.78 is 22.3. The predicted molar refractivity (Wildman–Crippen MR) is 136 cm³/mol. The number of benzene rings is 2. The molecule has 3 heterocycles. The van der Waals surface area contributed by atoms with Gasteiger partial charge in [0.15, 0.2) is 11.5 Å². The van der Waals surface area contributed by atoms with Gasteiger partial charge in [-0.25, -0.2) is 0 Å². The van der Waals surface area contributed by atoms with Gasteiger partial charge in [0.1, 0.15) is 19.0 Å². The van der Waals surface area contributed by atoms with Gasteiger partial charge in [0.2, 0.25) is 17.7 Å². The number of ether oxygens (including phenoxy) is 4. The second-order valence-corrected chi connectivity index (χ2v) is 8.97. The molecule has 2 aromatic rings. The van der Waals surface area contributed by atoms with Crippen LogP contribution in [0.1, 0.15) is 36.3 Å². The first kappa shape index (κ1) is 26.3. The number of hydrogen-bond donors (Lipinski definition) is 2. The zero-order valence-corrected chi connectivity index (χ0v) is 21.2. The number of nitrogens with zero attached hydrogens (tertiary/aromatic N) is 1. The fourth-order valence-electron chi connectivity index (χ4n) is 4.54. The van der Waals surface area contributed by atoms with E-state index in [1.54, 1.807) is 13.2 Å². The monoisotopic (exact) mass is 511 g/mol. The average molecular weight is 512 g/mol. The molecule has 198 valence electrons. The Morgan fingerprint density at radius 2 is 1.92 bits per heavy atom. The van der Waals surface area contributed by atoms with Crippen LogP contribution < -0.4 is 24.8 Å². The molecule has 0 spiro atoms. The molecule has 0 aliphatic carbocycles. The van der Waals surface area contributed by atoms with Crippen molar-refractivity contribution in [2.75, 3.05) is 59.0 Å². The third-order valence-electron chi connectivity index (χ3n) is 6.38. The summed E-state index contributed by atoms with van der Waals surface area (Å²) in [5.41, 5.74) is 2.64. The lowest BCUT2D eigenvalue weighted by molar-refractivity contribution is -0.139. The minimum absolute atomic E-state index is 0.0643. The fourth-order valence-corrected chi connectivity index (χ4v) is 4.54. The van der Waals surface area contributed by atoms with Gasteiger partial charge in [-0.05, 0) is 42.2 Å². The van der Waals surface area contributed by atoms with E-state index in [0.717, 1.165) is 11.1 Å². The molecule has 0 radical (unpaired) electrons. The zero-order valence-electron chi connectivity index (χ0n) is 21.2. The summed E-state index contributed by atoms with van der Waals surface area (Å²) in [4.78, 5) is 38.9. The van der Waals surface area contributed by atoms with E-state index < -0.39 is 0 Å². The van der Waals surface area contributed by atoms with E-state index in [9.17, 15) is 14.4 Å². The molecule has 5 rings (SSSR count). The van der Waals surface area contributed by atoms with Crippen molar-refractivity contribution in [1.82, 2.24) is 10.2 Å². The first-order chi connectivity index (χ1) is 18.0. The van der Waals surface area contributed by atoms with Crippen molar-refractivity contribution in [3.8, 4) is 17.2 Å². The molecule has 3 aliphatic rings. The molecule has 2 aromatic carbocycles. The van der Waals surface area contributed by atoms with E-state index in [1.165, 1.54) is 12.0 Å². The Bertz CT molecular complexity index is 1140. The van der Waals surface area contributed by atoms with Crippen LogP contribution in [-0.2, 0) is 19.1 Å². The molecule has 6 bridgehead atoms. The number of rotatable bonds is 3. The zero-order chi connectivity index (χ0) is 26.2. The summed E-state index contributed by atoms with van der Waals surface area (Å²) >= 11 is 0. The highest BCUT2D eigenvalue weighted by Crippen LogP contribution is 2.41. The summed E-state index contributed by atoms with van der Waals surface area (Å²) in [5.74, 6) is 1.03. The molecule has 0 saturated carbocycles. The number of hydrogen-bond acceptors (Lipinski definition) is 7. The summed E-state index contributed by atoms with van der Waals surface area (Å²) in [6.07, 6.45) is 1.62.